The van der Waals surface area contributed by atoms with E-state index in [0.29, 0.717) is 6.04 Å². The molecule has 0 aliphatic rings. The largest absolute Gasteiger partial charge is 0.493 e. The van der Waals surface area contributed by atoms with E-state index in [0.717, 1.165) is 31.6 Å². The Hall–Kier alpha value is -2.32. The highest BCUT2D eigenvalue weighted by molar-refractivity contribution is 5.88. The van der Waals surface area contributed by atoms with Gasteiger partial charge in [-0.05, 0) is 50.4 Å². The van der Waals surface area contributed by atoms with E-state index in [-0.39, 0.29) is 0 Å². The normalized spacial score (nSPS) is 12.4. The van der Waals surface area contributed by atoms with Gasteiger partial charge in [0.25, 0.3) is 0 Å². The van der Waals surface area contributed by atoms with Crippen molar-refractivity contribution in [2.24, 2.45) is 0 Å². The molecule has 0 fully saturated rings. The molecule has 2 heteroatoms. The van der Waals surface area contributed by atoms with Crippen molar-refractivity contribution in [1.29, 1.82) is 0 Å². The maximum absolute atomic E-state index is 6.13. The molecule has 3 aromatic carbocycles. The van der Waals surface area contributed by atoms with Crippen molar-refractivity contribution in [2.75, 3.05) is 20.7 Å². The van der Waals surface area contributed by atoms with Crippen LogP contribution in [0, 0.1) is 0 Å². The van der Waals surface area contributed by atoms with Crippen molar-refractivity contribution in [2.45, 2.75) is 25.3 Å². The van der Waals surface area contributed by atoms with Gasteiger partial charge in [0.15, 0.2) is 0 Å². The molecule has 0 saturated carbocycles. The number of benzene rings is 3. The molecule has 25 heavy (non-hydrogen) atoms. The van der Waals surface area contributed by atoms with Gasteiger partial charge in [-0.15, -0.1) is 0 Å². The minimum absolute atomic E-state index is 0.523. The van der Waals surface area contributed by atoms with E-state index in [2.05, 4.69) is 91.8 Å². The maximum Gasteiger partial charge on any atom is 0.127 e. The standard InChI is InChI=1S/C23H27NO/c1-24(2)21(16-15-19-9-4-3-5-10-19)17-18-25-23-14-8-12-20-11-6-7-13-22(20)23/h3-14,21H,15-18H2,1-2H3. The van der Waals surface area contributed by atoms with Crippen LogP contribution in [-0.4, -0.2) is 31.6 Å². The first kappa shape index (κ1) is 17.5. The van der Waals surface area contributed by atoms with Crippen LogP contribution in [-0.2, 0) is 6.42 Å². The summed E-state index contributed by atoms with van der Waals surface area (Å²) in [6.45, 7) is 0.742. The summed E-state index contributed by atoms with van der Waals surface area (Å²) in [6, 6.07) is 25.9. The molecule has 1 atom stereocenters. The summed E-state index contributed by atoms with van der Waals surface area (Å²) in [6.07, 6.45) is 3.29. The molecule has 0 aromatic heterocycles. The minimum atomic E-state index is 0.523. The van der Waals surface area contributed by atoms with Gasteiger partial charge in [0.05, 0.1) is 6.61 Å². The molecular weight excluding hydrogens is 306 g/mol. The molecule has 0 aliphatic heterocycles. The number of hydrogen-bond donors (Lipinski definition) is 0. The number of fused-ring (bicyclic) bond motifs is 1. The second kappa shape index (κ2) is 8.68. The fraction of sp³-hybridized carbons (Fsp3) is 0.304. The van der Waals surface area contributed by atoms with Crippen LogP contribution in [0.1, 0.15) is 18.4 Å². The van der Waals surface area contributed by atoms with Gasteiger partial charge in [0.2, 0.25) is 0 Å². The molecule has 2 nitrogen and oxygen atoms in total. The highest BCUT2D eigenvalue weighted by Gasteiger charge is 2.12. The predicted octanol–water partition coefficient (Wildman–Crippen LogP) is 5.17. The Balaban J connectivity index is 1.56. The first-order valence-corrected chi connectivity index (χ1v) is 9.05. The summed E-state index contributed by atoms with van der Waals surface area (Å²) in [4.78, 5) is 2.31. The SMILES string of the molecule is CN(C)C(CCOc1cccc2ccccc12)CCc1ccccc1. The molecule has 0 N–H and O–H groups in total. The number of nitrogens with zero attached hydrogens (tertiary/aromatic N) is 1. The molecule has 0 heterocycles. The molecule has 0 amide bonds. The van der Waals surface area contributed by atoms with Crippen molar-refractivity contribution in [3.8, 4) is 5.75 Å². The monoisotopic (exact) mass is 333 g/mol. The molecule has 0 radical (unpaired) electrons. The van der Waals surface area contributed by atoms with Crippen LogP contribution >= 0.6 is 0 Å². The fourth-order valence-corrected chi connectivity index (χ4v) is 3.27. The van der Waals surface area contributed by atoms with Gasteiger partial charge < -0.3 is 9.64 Å². The van der Waals surface area contributed by atoms with Gasteiger partial charge >= 0.3 is 0 Å². The summed E-state index contributed by atoms with van der Waals surface area (Å²) < 4.78 is 6.13. The lowest BCUT2D eigenvalue weighted by atomic mass is 10.0. The molecule has 0 spiro atoms. The summed E-state index contributed by atoms with van der Waals surface area (Å²) in [5, 5.41) is 2.42. The Kier molecular flexibility index (Phi) is 6.08. The van der Waals surface area contributed by atoms with Crippen molar-refractivity contribution in [1.82, 2.24) is 4.90 Å². The zero-order chi connectivity index (χ0) is 17.5. The van der Waals surface area contributed by atoms with E-state index in [9.17, 15) is 0 Å². The number of hydrogen-bond acceptors (Lipinski definition) is 2. The quantitative estimate of drug-likeness (QED) is 0.564. The van der Waals surface area contributed by atoms with Crippen LogP contribution < -0.4 is 4.74 Å². The van der Waals surface area contributed by atoms with E-state index < -0.39 is 0 Å². The Morgan fingerprint density at radius 1 is 0.800 bits per heavy atom. The highest BCUT2D eigenvalue weighted by Crippen LogP contribution is 2.25. The lowest BCUT2D eigenvalue weighted by molar-refractivity contribution is 0.214. The van der Waals surface area contributed by atoms with E-state index in [4.69, 9.17) is 4.74 Å². The topological polar surface area (TPSA) is 12.5 Å². The van der Waals surface area contributed by atoms with Crippen LogP contribution in [0.25, 0.3) is 10.8 Å². The van der Waals surface area contributed by atoms with Gasteiger partial charge in [-0.2, -0.15) is 0 Å². The summed E-state index contributed by atoms with van der Waals surface area (Å²) in [7, 11) is 4.32. The third-order valence-electron chi connectivity index (χ3n) is 4.80. The Labute approximate surface area is 151 Å². The zero-order valence-electron chi connectivity index (χ0n) is 15.2. The van der Waals surface area contributed by atoms with Gasteiger partial charge in [0, 0.05) is 11.4 Å². The van der Waals surface area contributed by atoms with Crippen LogP contribution in [0.5, 0.6) is 5.75 Å². The van der Waals surface area contributed by atoms with Gasteiger partial charge in [-0.1, -0.05) is 66.7 Å². The summed E-state index contributed by atoms with van der Waals surface area (Å²) in [5.41, 5.74) is 1.41. The summed E-state index contributed by atoms with van der Waals surface area (Å²) in [5.74, 6) is 0.985. The fourth-order valence-electron chi connectivity index (χ4n) is 3.27. The lowest BCUT2D eigenvalue weighted by Crippen LogP contribution is -2.30. The molecule has 3 aromatic rings. The Morgan fingerprint density at radius 2 is 1.52 bits per heavy atom. The molecule has 0 bridgehead atoms. The number of ether oxygens (including phenoxy) is 1. The van der Waals surface area contributed by atoms with E-state index in [1.54, 1.807) is 0 Å². The van der Waals surface area contributed by atoms with E-state index in [1.165, 1.54) is 16.3 Å². The van der Waals surface area contributed by atoms with Gasteiger partial charge in [-0.3, -0.25) is 0 Å². The molecule has 1 unspecified atom stereocenters. The number of rotatable bonds is 8. The Bertz CT molecular complexity index is 777. The van der Waals surface area contributed by atoms with E-state index in [1.807, 2.05) is 0 Å². The third kappa shape index (κ3) is 4.83. The van der Waals surface area contributed by atoms with Crippen LogP contribution in [0.15, 0.2) is 72.8 Å². The van der Waals surface area contributed by atoms with Crippen LogP contribution in [0.3, 0.4) is 0 Å². The first-order chi connectivity index (χ1) is 12.2. The Morgan fingerprint density at radius 3 is 2.32 bits per heavy atom. The molecule has 0 aliphatic carbocycles. The van der Waals surface area contributed by atoms with Gasteiger partial charge in [-0.25, -0.2) is 0 Å². The second-order valence-corrected chi connectivity index (χ2v) is 6.76. The average molecular weight is 333 g/mol. The lowest BCUT2D eigenvalue weighted by Gasteiger charge is -2.24. The predicted molar refractivity (Wildman–Crippen MR) is 106 cm³/mol. The van der Waals surface area contributed by atoms with Crippen LogP contribution in [0.4, 0.5) is 0 Å². The summed E-state index contributed by atoms with van der Waals surface area (Å²) >= 11 is 0. The second-order valence-electron chi connectivity index (χ2n) is 6.76. The van der Waals surface area contributed by atoms with Crippen LogP contribution in [0.2, 0.25) is 0 Å². The molecular formula is C23H27NO. The third-order valence-corrected chi connectivity index (χ3v) is 4.80. The van der Waals surface area contributed by atoms with Crippen molar-refractivity contribution >= 4 is 10.8 Å². The minimum Gasteiger partial charge on any atom is -0.493 e. The average Bonchev–Trinajstić information content (AvgIpc) is 2.65. The van der Waals surface area contributed by atoms with Crippen molar-refractivity contribution < 1.29 is 4.74 Å². The first-order valence-electron chi connectivity index (χ1n) is 9.05. The van der Waals surface area contributed by atoms with Gasteiger partial charge in [0.1, 0.15) is 5.75 Å². The van der Waals surface area contributed by atoms with Crippen molar-refractivity contribution in [3.05, 3.63) is 78.4 Å². The smallest absolute Gasteiger partial charge is 0.127 e. The maximum atomic E-state index is 6.13. The van der Waals surface area contributed by atoms with Crippen molar-refractivity contribution in [3.63, 3.8) is 0 Å². The zero-order valence-corrected chi connectivity index (χ0v) is 15.2. The molecule has 130 valence electrons. The van der Waals surface area contributed by atoms with E-state index >= 15 is 0 Å². The highest BCUT2D eigenvalue weighted by atomic mass is 16.5. The molecule has 0 saturated heterocycles. The number of aryl methyl sites for hydroxylation is 1. The molecule has 3 rings (SSSR count).